The summed E-state index contributed by atoms with van der Waals surface area (Å²) in [5.41, 5.74) is 2.90. The van der Waals surface area contributed by atoms with Crippen molar-refractivity contribution in [3.05, 3.63) is 39.1 Å². The molecule has 8 nitrogen and oxygen atoms in total. The lowest BCUT2D eigenvalue weighted by atomic mass is 10.2. The highest BCUT2D eigenvalue weighted by Gasteiger charge is 2.22. The number of fused-ring (bicyclic) bond motifs is 1. The summed E-state index contributed by atoms with van der Waals surface area (Å²) in [6.07, 6.45) is 1.79. The van der Waals surface area contributed by atoms with E-state index < -0.39 is 0 Å². The van der Waals surface area contributed by atoms with Crippen LogP contribution >= 0.6 is 11.3 Å². The Balaban J connectivity index is 1.46. The van der Waals surface area contributed by atoms with Crippen LogP contribution < -0.4 is 10.5 Å². The summed E-state index contributed by atoms with van der Waals surface area (Å²) >= 11 is 1.49. The molecule has 0 unspecified atom stereocenters. The van der Waals surface area contributed by atoms with Gasteiger partial charge in [0.15, 0.2) is 0 Å². The fourth-order valence-corrected chi connectivity index (χ4v) is 4.38. The maximum absolute atomic E-state index is 12.3. The van der Waals surface area contributed by atoms with Crippen LogP contribution in [-0.4, -0.2) is 50.8 Å². The van der Waals surface area contributed by atoms with E-state index in [-0.39, 0.29) is 5.56 Å². The number of aromatic nitrogens is 4. The van der Waals surface area contributed by atoms with E-state index in [2.05, 4.69) is 32.0 Å². The molecule has 4 heterocycles. The number of anilines is 1. The average Bonchev–Trinajstić information content (AvgIpc) is 3.22. The molecule has 0 atom stereocenters. The van der Waals surface area contributed by atoms with Crippen LogP contribution in [0, 0.1) is 13.8 Å². The molecule has 3 aromatic heterocycles. The van der Waals surface area contributed by atoms with E-state index in [1.165, 1.54) is 21.4 Å². The molecule has 1 aliphatic rings. The molecule has 0 amide bonds. The van der Waals surface area contributed by atoms with Crippen LogP contribution in [-0.2, 0) is 13.0 Å². The van der Waals surface area contributed by atoms with E-state index in [9.17, 15) is 4.79 Å². The van der Waals surface area contributed by atoms with Crippen molar-refractivity contribution in [3.8, 4) is 0 Å². The molecule has 0 saturated carbocycles. The lowest BCUT2D eigenvalue weighted by Gasteiger charge is -2.34. The first-order valence-corrected chi connectivity index (χ1v) is 10.2. The van der Waals surface area contributed by atoms with Crippen LogP contribution in [0.5, 0.6) is 0 Å². The number of piperazine rings is 1. The summed E-state index contributed by atoms with van der Waals surface area (Å²) in [4.78, 5) is 22.2. The molecule has 1 fully saturated rings. The van der Waals surface area contributed by atoms with E-state index >= 15 is 0 Å². The third-order valence-corrected chi connectivity index (χ3v) is 5.97. The monoisotopic (exact) mass is 388 g/mol. The molecule has 27 heavy (non-hydrogen) atoms. The van der Waals surface area contributed by atoms with Gasteiger partial charge < -0.3 is 9.42 Å². The zero-order valence-electron chi connectivity index (χ0n) is 15.9. The molecular weight excluding hydrogens is 364 g/mol. The zero-order chi connectivity index (χ0) is 19.0. The fourth-order valence-electron chi connectivity index (χ4n) is 3.41. The lowest BCUT2D eigenvalue weighted by Crippen LogP contribution is -2.46. The van der Waals surface area contributed by atoms with E-state index in [1.54, 1.807) is 6.07 Å². The van der Waals surface area contributed by atoms with Crippen molar-refractivity contribution in [3.63, 3.8) is 0 Å². The summed E-state index contributed by atoms with van der Waals surface area (Å²) in [7, 11) is 0. The molecular formula is C18H24N6O2S. The minimum absolute atomic E-state index is 0.0944. The predicted molar refractivity (Wildman–Crippen MR) is 105 cm³/mol. The SMILES string of the molecule is CCCc1cc(=O)n2nc(N3CCN(Cc4c(C)noc4C)CC3)sc2n1. The zero-order valence-corrected chi connectivity index (χ0v) is 16.8. The van der Waals surface area contributed by atoms with Crippen molar-refractivity contribution >= 4 is 21.4 Å². The molecule has 0 aliphatic carbocycles. The van der Waals surface area contributed by atoms with Gasteiger partial charge >= 0.3 is 0 Å². The number of nitrogens with zero attached hydrogens (tertiary/aromatic N) is 6. The molecule has 3 aromatic rings. The molecule has 9 heteroatoms. The quantitative estimate of drug-likeness (QED) is 0.662. The van der Waals surface area contributed by atoms with Crippen LogP contribution in [0.15, 0.2) is 15.4 Å². The molecule has 0 N–H and O–H groups in total. The van der Waals surface area contributed by atoms with Crippen LogP contribution in [0.2, 0.25) is 0 Å². The maximum Gasteiger partial charge on any atom is 0.275 e. The second-order valence-electron chi connectivity index (χ2n) is 6.98. The highest BCUT2D eigenvalue weighted by Crippen LogP contribution is 2.24. The Morgan fingerprint density at radius 3 is 2.67 bits per heavy atom. The number of hydrogen-bond acceptors (Lipinski definition) is 8. The van der Waals surface area contributed by atoms with Gasteiger partial charge in [-0.3, -0.25) is 9.69 Å². The third kappa shape index (κ3) is 3.61. The third-order valence-electron chi connectivity index (χ3n) is 5.00. The van der Waals surface area contributed by atoms with Crippen molar-refractivity contribution in [2.75, 3.05) is 31.1 Å². The highest BCUT2D eigenvalue weighted by atomic mass is 32.1. The van der Waals surface area contributed by atoms with Crippen molar-refractivity contribution in [2.45, 2.75) is 40.2 Å². The minimum Gasteiger partial charge on any atom is -0.361 e. The van der Waals surface area contributed by atoms with Crippen LogP contribution in [0.4, 0.5) is 5.13 Å². The van der Waals surface area contributed by atoms with Crippen molar-refractivity contribution in [2.24, 2.45) is 0 Å². The van der Waals surface area contributed by atoms with Gasteiger partial charge in [-0.15, -0.1) is 5.10 Å². The van der Waals surface area contributed by atoms with Gasteiger partial charge in [0.25, 0.3) is 5.56 Å². The van der Waals surface area contributed by atoms with Crippen LogP contribution in [0.25, 0.3) is 4.96 Å². The smallest absolute Gasteiger partial charge is 0.275 e. The maximum atomic E-state index is 12.3. The summed E-state index contributed by atoms with van der Waals surface area (Å²) < 4.78 is 6.69. The Morgan fingerprint density at radius 2 is 2.00 bits per heavy atom. The van der Waals surface area contributed by atoms with Crippen LogP contribution in [0.3, 0.4) is 0 Å². The average molecular weight is 388 g/mol. The minimum atomic E-state index is -0.0944. The first-order valence-electron chi connectivity index (χ1n) is 9.34. The van der Waals surface area contributed by atoms with Crippen molar-refractivity contribution in [1.82, 2.24) is 24.7 Å². The Bertz CT molecular complexity index is 980. The van der Waals surface area contributed by atoms with E-state index in [0.717, 1.165) is 67.8 Å². The van der Waals surface area contributed by atoms with Gasteiger partial charge in [-0.1, -0.05) is 29.8 Å². The largest absolute Gasteiger partial charge is 0.361 e. The Kier molecular flexibility index (Phi) is 4.96. The van der Waals surface area contributed by atoms with Gasteiger partial charge in [0.2, 0.25) is 10.1 Å². The first-order chi connectivity index (χ1) is 13.0. The lowest BCUT2D eigenvalue weighted by molar-refractivity contribution is 0.247. The molecule has 1 saturated heterocycles. The molecule has 4 rings (SSSR count). The Morgan fingerprint density at radius 1 is 1.22 bits per heavy atom. The Labute approximate surface area is 161 Å². The Hall–Kier alpha value is -2.26. The van der Waals surface area contributed by atoms with Crippen LogP contribution in [0.1, 0.15) is 36.1 Å². The molecule has 1 aliphatic heterocycles. The number of hydrogen-bond donors (Lipinski definition) is 0. The van der Waals surface area contributed by atoms with Gasteiger partial charge in [0.1, 0.15) is 5.76 Å². The van der Waals surface area contributed by atoms with E-state index in [0.29, 0.717) is 4.96 Å². The molecule has 144 valence electrons. The molecule has 0 aromatic carbocycles. The summed E-state index contributed by atoms with van der Waals surface area (Å²) in [6.45, 7) is 10.5. The van der Waals surface area contributed by atoms with Gasteiger partial charge in [0, 0.05) is 50.0 Å². The van der Waals surface area contributed by atoms with E-state index in [4.69, 9.17) is 4.52 Å². The fraction of sp³-hybridized carbons (Fsp3) is 0.556. The topological polar surface area (TPSA) is 79.8 Å². The normalized spacial score (nSPS) is 15.7. The van der Waals surface area contributed by atoms with Crippen molar-refractivity contribution in [1.29, 1.82) is 0 Å². The highest BCUT2D eigenvalue weighted by molar-refractivity contribution is 7.20. The first kappa shape index (κ1) is 18.1. The van der Waals surface area contributed by atoms with Gasteiger partial charge in [0.05, 0.1) is 5.69 Å². The molecule has 0 radical (unpaired) electrons. The standard InChI is InChI=1S/C18H24N6O2S/c1-4-5-14-10-16(25)24-17(19-14)27-18(20-24)23-8-6-22(7-9-23)11-15-12(2)21-26-13(15)3/h10H,4-9,11H2,1-3H3. The van der Waals surface area contributed by atoms with Gasteiger partial charge in [-0.05, 0) is 20.3 Å². The summed E-state index contributed by atoms with van der Waals surface area (Å²) in [5, 5.41) is 9.41. The van der Waals surface area contributed by atoms with Gasteiger partial charge in [-0.2, -0.15) is 4.52 Å². The second-order valence-corrected chi connectivity index (χ2v) is 7.92. The summed E-state index contributed by atoms with van der Waals surface area (Å²) in [5.74, 6) is 0.898. The van der Waals surface area contributed by atoms with E-state index in [1.807, 2.05) is 13.8 Å². The van der Waals surface area contributed by atoms with Gasteiger partial charge in [-0.25, -0.2) is 4.98 Å². The molecule has 0 spiro atoms. The predicted octanol–water partition coefficient (Wildman–Crippen LogP) is 2.03. The molecule has 0 bridgehead atoms. The van der Waals surface area contributed by atoms with Crippen molar-refractivity contribution < 1.29 is 4.52 Å². The summed E-state index contributed by atoms with van der Waals surface area (Å²) in [6, 6.07) is 1.60. The number of aryl methyl sites for hydroxylation is 3. The second kappa shape index (κ2) is 7.40. The number of rotatable bonds is 5.